The lowest BCUT2D eigenvalue weighted by Gasteiger charge is -2.16. The van der Waals surface area contributed by atoms with E-state index in [4.69, 9.17) is 0 Å². The number of aryl methyl sites for hydroxylation is 2. The second kappa shape index (κ2) is 6.80. The molecule has 0 bridgehead atoms. The summed E-state index contributed by atoms with van der Waals surface area (Å²) in [6.07, 6.45) is 1.93. The predicted molar refractivity (Wildman–Crippen MR) is 75.9 cm³/mol. The highest BCUT2D eigenvalue weighted by molar-refractivity contribution is 9.09. The molecular formula is C14H20BrNO. The van der Waals surface area contributed by atoms with Crippen LogP contribution in [0.5, 0.6) is 0 Å². The minimum Gasteiger partial charge on any atom is -0.349 e. The van der Waals surface area contributed by atoms with Crippen LogP contribution in [-0.2, 0) is 0 Å². The zero-order valence-electron chi connectivity index (χ0n) is 10.7. The first-order valence-electron chi connectivity index (χ1n) is 6.02. The van der Waals surface area contributed by atoms with Gasteiger partial charge < -0.3 is 5.32 Å². The van der Waals surface area contributed by atoms with Gasteiger partial charge in [-0.15, -0.1) is 0 Å². The summed E-state index contributed by atoms with van der Waals surface area (Å²) in [5, 5.41) is 3.98. The molecule has 0 saturated heterocycles. The van der Waals surface area contributed by atoms with Gasteiger partial charge in [-0.2, -0.15) is 0 Å². The summed E-state index contributed by atoms with van der Waals surface area (Å²) in [7, 11) is 0. The molecule has 0 aliphatic rings. The maximum Gasteiger partial charge on any atom is 0.251 e. The molecular weight excluding hydrogens is 278 g/mol. The Hall–Kier alpha value is -0.830. The summed E-state index contributed by atoms with van der Waals surface area (Å²) >= 11 is 3.41. The van der Waals surface area contributed by atoms with Gasteiger partial charge in [0.1, 0.15) is 0 Å². The van der Waals surface area contributed by atoms with Crippen LogP contribution in [0.2, 0.25) is 0 Å². The van der Waals surface area contributed by atoms with Crippen LogP contribution >= 0.6 is 15.9 Å². The van der Waals surface area contributed by atoms with Gasteiger partial charge in [-0.05, 0) is 49.9 Å². The smallest absolute Gasteiger partial charge is 0.251 e. The Kier molecular flexibility index (Phi) is 5.69. The van der Waals surface area contributed by atoms with Gasteiger partial charge in [0.2, 0.25) is 0 Å². The lowest BCUT2D eigenvalue weighted by Crippen LogP contribution is -2.34. The molecule has 1 aromatic carbocycles. The van der Waals surface area contributed by atoms with Crippen LogP contribution in [0.15, 0.2) is 18.2 Å². The van der Waals surface area contributed by atoms with E-state index in [2.05, 4.69) is 35.1 Å². The Morgan fingerprint density at radius 1 is 1.35 bits per heavy atom. The number of amides is 1. The van der Waals surface area contributed by atoms with Crippen LogP contribution in [-0.4, -0.2) is 17.3 Å². The van der Waals surface area contributed by atoms with Crippen molar-refractivity contribution in [2.75, 3.05) is 5.33 Å². The number of alkyl halides is 1. The van der Waals surface area contributed by atoms with Crippen molar-refractivity contribution in [3.8, 4) is 0 Å². The van der Waals surface area contributed by atoms with E-state index in [1.807, 2.05) is 25.1 Å². The standard InChI is InChI=1S/C14H20BrNO/c1-4-13(7-8-15)16-14(17)12-6-5-10(2)11(3)9-12/h5-6,9,13H,4,7-8H2,1-3H3,(H,16,17). The first-order valence-corrected chi connectivity index (χ1v) is 7.14. The largest absolute Gasteiger partial charge is 0.349 e. The number of benzene rings is 1. The molecule has 1 N–H and O–H groups in total. The Bertz CT molecular complexity index is 390. The van der Waals surface area contributed by atoms with Gasteiger partial charge in [-0.25, -0.2) is 0 Å². The Morgan fingerprint density at radius 3 is 2.59 bits per heavy atom. The third kappa shape index (κ3) is 4.15. The third-order valence-electron chi connectivity index (χ3n) is 3.05. The molecule has 0 radical (unpaired) electrons. The highest BCUT2D eigenvalue weighted by Gasteiger charge is 2.11. The molecule has 3 heteroatoms. The minimum absolute atomic E-state index is 0.0286. The first-order chi connectivity index (χ1) is 8.08. The van der Waals surface area contributed by atoms with Gasteiger partial charge in [0, 0.05) is 16.9 Å². The second-order valence-corrected chi connectivity index (χ2v) is 5.15. The van der Waals surface area contributed by atoms with Crippen LogP contribution in [0.4, 0.5) is 0 Å². The first kappa shape index (κ1) is 14.2. The van der Waals surface area contributed by atoms with E-state index < -0.39 is 0 Å². The molecule has 17 heavy (non-hydrogen) atoms. The van der Waals surface area contributed by atoms with Crippen molar-refractivity contribution in [3.63, 3.8) is 0 Å². The monoisotopic (exact) mass is 297 g/mol. The quantitative estimate of drug-likeness (QED) is 0.827. The van der Waals surface area contributed by atoms with Crippen molar-refractivity contribution in [1.29, 1.82) is 0 Å². The lowest BCUT2D eigenvalue weighted by atomic mass is 10.1. The molecule has 1 atom stereocenters. The van der Waals surface area contributed by atoms with Crippen LogP contribution in [0.25, 0.3) is 0 Å². The van der Waals surface area contributed by atoms with E-state index >= 15 is 0 Å². The summed E-state index contributed by atoms with van der Waals surface area (Å²) in [6, 6.07) is 6.09. The molecule has 1 unspecified atom stereocenters. The van der Waals surface area contributed by atoms with E-state index in [0.29, 0.717) is 0 Å². The molecule has 1 rings (SSSR count). The molecule has 0 aromatic heterocycles. The number of rotatable bonds is 5. The average Bonchev–Trinajstić information content (AvgIpc) is 2.31. The number of hydrogen-bond acceptors (Lipinski definition) is 1. The number of hydrogen-bond donors (Lipinski definition) is 1. The van der Waals surface area contributed by atoms with Crippen molar-refractivity contribution >= 4 is 21.8 Å². The molecule has 0 fully saturated rings. The van der Waals surface area contributed by atoms with E-state index in [1.165, 1.54) is 5.56 Å². The minimum atomic E-state index is 0.0286. The fourth-order valence-corrected chi connectivity index (χ4v) is 2.21. The summed E-state index contributed by atoms with van der Waals surface area (Å²) in [5.74, 6) is 0.0286. The number of carbonyl (C=O) groups excluding carboxylic acids is 1. The Morgan fingerprint density at radius 2 is 2.06 bits per heavy atom. The summed E-state index contributed by atoms with van der Waals surface area (Å²) in [6.45, 7) is 6.17. The van der Waals surface area contributed by atoms with Gasteiger partial charge >= 0.3 is 0 Å². The van der Waals surface area contributed by atoms with Gasteiger partial charge in [-0.3, -0.25) is 4.79 Å². The number of halogens is 1. The predicted octanol–water partition coefficient (Wildman–Crippen LogP) is 3.60. The molecule has 0 aliphatic carbocycles. The van der Waals surface area contributed by atoms with Crippen LogP contribution < -0.4 is 5.32 Å². The highest BCUT2D eigenvalue weighted by atomic mass is 79.9. The highest BCUT2D eigenvalue weighted by Crippen LogP contribution is 2.10. The number of carbonyl (C=O) groups is 1. The summed E-state index contributed by atoms with van der Waals surface area (Å²) in [4.78, 5) is 12.0. The Balaban J connectivity index is 2.72. The van der Waals surface area contributed by atoms with E-state index in [9.17, 15) is 4.79 Å². The van der Waals surface area contributed by atoms with Crippen LogP contribution in [0.1, 0.15) is 41.3 Å². The maximum atomic E-state index is 12.0. The maximum absolute atomic E-state index is 12.0. The average molecular weight is 298 g/mol. The van der Waals surface area contributed by atoms with E-state index in [1.54, 1.807) is 0 Å². The second-order valence-electron chi connectivity index (χ2n) is 4.36. The fourth-order valence-electron chi connectivity index (χ4n) is 1.66. The molecule has 1 aromatic rings. The van der Waals surface area contributed by atoms with Crippen molar-refractivity contribution in [3.05, 3.63) is 34.9 Å². The van der Waals surface area contributed by atoms with E-state index in [0.717, 1.165) is 29.3 Å². The molecule has 0 heterocycles. The van der Waals surface area contributed by atoms with Gasteiger partial charge in [0.15, 0.2) is 0 Å². The zero-order valence-corrected chi connectivity index (χ0v) is 12.3. The molecule has 2 nitrogen and oxygen atoms in total. The normalized spacial score (nSPS) is 12.2. The summed E-state index contributed by atoms with van der Waals surface area (Å²) < 4.78 is 0. The lowest BCUT2D eigenvalue weighted by molar-refractivity contribution is 0.0935. The van der Waals surface area contributed by atoms with Crippen molar-refractivity contribution < 1.29 is 4.79 Å². The molecule has 1 amide bonds. The van der Waals surface area contributed by atoms with Crippen molar-refractivity contribution in [2.45, 2.75) is 39.7 Å². The Labute approximate surface area is 112 Å². The zero-order chi connectivity index (χ0) is 12.8. The third-order valence-corrected chi connectivity index (χ3v) is 3.51. The van der Waals surface area contributed by atoms with E-state index in [-0.39, 0.29) is 11.9 Å². The summed E-state index contributed by atoms with van der Waals surface area (Å²) in [5.41, 5.74) is 3.13. The van der Waals surface area contributed by atoms with Crippen molar-refractivity contribution in [1.82, 2.24) is 5.32 Å². The van der Waals surface area contributed by atoms with Gasteiger partial charge in [-0.1, -0.05) is 28.9 Å². The topological polar surface area (TPSA) is 29.1 Å². The fraction of sp³-hybridized carbons (Fsp3) is 0.500. The van der Waals surface area contributed by atoms with Gasteiger partial charge in [0.05, 0.1) is 0 Å². The van der Waals surface area contributed by atoms with Crippen LogP contribution in [0, 0.1) is 13.8 Å². The molecule has 94 valence electrons. The number of nitrogens with one attached hydrogen (secondary N) is 1. The molecule has 0 aliphatic heterocycles. The SMILES string of the molecule is CCC(CCBr)NC(=O)c1ccc(C)c(C)c1. The van der Waals surface area contributed by atoms with Gasteiger partial charge in [0.25, 0.3) is 5.91 Å². The molecule has 0 saturated carbocycles. The molecule has 0 spiro atoms. The van der Waals surface area contributed by atoms with Crippen LogP contribution in [0.3, 0.4) is 0 Å². The van der Waals surface area contributed by atoms with Crippen molar-refractivity contribution in [2.24, 2.45) is 0 Å².